The molecular weight excluding hydrogens is 380 g/mol. The summed E-state index contributed by atoms with van der Waals surface area (Å²) in [6.45, 7) is 2.98. The van der Waals surface area contributed by atoms with Crippen LogP contribution in [-0.2, 0) is 16.0 Å². The largest absolute Gasteiger partial charge is 0.619 e. The van der Waals surface area contributed by atoms with Crippen molar-refractivity contribution in [3.8, 4) is 0 Å². The lowest BCUT2D eigenvalue weighted by Crippen LogP contribution is -2.48. The topological polar surface area (TPSA) is 73.5 Å². The van der Waals surface area contributed by atoms with Crippen LogP contribution in [-0.4, -0.2) is 36.5 Å². The van der Waals surface area contributed by atoms with Gasteiger partial charge in [-0.15, -0.1) is 0 Å². The van der Waals surface area contributed by atoms with Crippen molar-refractivity contribution in [2.45, 2.75) is 26.2 Å². The lowest BCUT2D eigenvalue weighted by atomic mass is 9.73. The molecule has 148 valence electrons. The minimum atomic E-state index is -0.702. The normalized spacial score (nSPS) is 15.9. The maximum absolute atomic E-state index is 12.8. The first-order valence-electron chi connectivity index (χ1n) is 9.34. The molecule has 1 fully saturated rings. The van der Waals surface area contributed by atoms with Crippen molar-refractivity contribution < 1.29 is 19.1 Å². The van der Waals surface area contributed by atoms with Gasteiger partial charge in [0.15, 0.2) is 12.4 Å². The van der Waals surface area contributed by atoms with E-state index in [-0.39, 0.29) is 11.9 Å². The molecule has 2 heterocycles. The average molecular weight is 403 g/mol. The van der Waals surface area contributed by atoms with E-state index in [0.717, 1.165) is 5.56 Å². The molecule has 7 heteroatoms. The molecule has 6 nitrogen and oxygen atoms in total. The number of aromatic nitrogens is 1. The van der Waals surface area contributed by atoms with Gasteiger partial charge in [0.25, 0.3) is 5.91 Å². The number of pyridine rings is 1. The van der Waals surface area contributed by atoms with E-state index in [4.69, 9.17) is 16.3 Å². The number of likely N-dealkylation sites (tertiary alicyclic amines) is 1. The SMILES string of the molecule is CCOC(=O)C1(Cc2ccccc2Cl)CCN(C(=O)c2cc[n+]([O-])cc2)CC1. The summed E-state index contributed by atoms with van der Waals surface area (Å²) in [4.78, 5) is 27.2. The molecule has 1 aromatic heterocycles. The molecule has 1 amide bonds. The third kappa shape index (κ3) is 4.28. The van der Waals surface area contributed by atoms with Crippen molar-refractivity contribution in [2.75, 3.05) is 19.7 Å². The summed E-state index contributed by atoms with van der Waals surface area (Å²) < 4.78 is 6.01. The highest BCUT2D eigenvalue weighted by atomic mass is 35.5. The molecule has 1 saturated heterocycles. The Bertz CT molecular complexity index is 846. The lowest BCUT2D eigenvalue weighted by Gasteiger charge is -2.40. The maximum Gasteiger partial charge on any atom is 0.312 e. The first-order chi connectivity index (χ1) is 13.4. The molecule has 0 N–H and O–H groups in total. The van der Waals surface area contributed by atoms with E-state index in [9.17, 15) is 14.8 Å². The molecule has 3 rings (SSSR count). The number of amides is 1. The van der Waals surface area contributed by atoms with Crippen LogP contribution in [0.25, 0.3) is 0 Å². The third-order valence-electron chi connectivity index (χ3n) is 5.25. The van der Waals surface area contributed by atoms with Crippen LogP contribution >= 0.6 is 11.6 Å². The maximum atomic E-state index is 12.8. The number of esters is 1. The van der Waals surface area contributed by atoms with Gasteiger partial charge in [-0.1, -0.05) is 29.8 Å². The van der Waals surface area contributed by atoms with E-state index in [1.807, 2.05) is 24.3 Å². The summed E-state index contributed by atoms with van der Waals surface area (Å²) in [5, 5.41) is 11.8. The highest BCUT2D eigenvalue weighted by Gasteiger charge is 2.44. The molecule has 1 aliphatic rings. The first kappa shape index (κ1) is 20.1. The predicted octanol–water partition coefficient (Wildman–Crippen LogP) is 3.00. The van der Waals surface area contributed by atoms with Crippen LogP contribution in [0.15, 0.2) is 48.8 Å². The van der Waals surface area contributed by atoms with Gasteiger partial charge in [-0.3, -0.25) is 9.59 Å². The van der Waals surface area contributed by atoms with E-state index in [2.05, 4.69) is 0 Å². The van der Waals surface area contributed by atoms with E-state index in [1.165, 1.54) is 24.5 Å². The monoisotopic (exact) mass is 402 g/mol. The summed E-state index contributed by atoms with van der Waals surface area (Å²) in [5.41, 5.74) is 0.661. The second kappa shape index (κ2) is 8.61. The molecule has 0 saturated carbocycles. The van der Waals surface area contributed by atoms with Crippen molar-refractivity contribution in [3.05, 3.63) is 70.1 Å². The van der Waals surface area contributed by atoms with Gasteiger partial charge in [-0.05, 0) is 37.8 Å². The van der Waals surface area contributed by atoms with Crippen LogP contribution in [0.5, 0.6) is 0 Å². The number of halogens is 1. The standard InChI is InChI=1S/C21H23ClN2O4/c1-2-28-20(26)21(15-17-5-3-4-6-18(17)22)9-13-23(14-10-21)19(25)16-7-11-24(27)12-8-16/h3-8,11-12H,2,9-10,13-15H2,1H3. The van der Waals surface area contributed by atoms with Crippen molar-refractivity contribution in [2.24, 2.45) is 5.41 Å². The summed E-state index contributed by atoms with van der Waals surface area (Å²) in [7, 11) is 0. The summed E-state index contributed by atoms with van der Waals surface area (Å²) in [6, 6.07) is 10.5. The molecule has 1 aliphatic heterocycles. The molecule has 0 bridgehead atoms. The van der Waals surface area contributed by atoms with Gasteiger partial charge in [0.1, 0.15) is 0 Å². The second-order valence-corrected chi connectivity index (χ2v) is 7.42. The fourth-order valence-electron chi connectivity index (χ4n) is 3.62. The Balaban J connectivity index is 1.77. The van der Waals surface area contributed by atoms with Gasteiger partial charge in [-0.25, -0.2) is 0 Å². The smallest absolute Gasteiger partial charge is 0.312 e. The van der Waals surface area contributed by atoms with Crippen LogP contribution in [0.2, 0.25) is 5.02 Å². The number of piperidine rings is 1. The molecule has 28 heavy (non-hydrogen) atoms. The molecule has 1 aromatic carbocycles. The Morgan fingerprint density at radius 2 is 1.82 bits per heavy atom. The number of ether oxygens (including phenoxy) is 1. The summed E-state index contributed by atoms with van der Waals surface area (Å²) in [5.74, 6) is -0.384. The molecule has 0 unspecified atom stereocenters. The number of carbonyl (C=O) groups is 2. The van der Waals surface area contributed by atoms with E-state index in [1.54, 1.807) is 11.8 Å². The van der Waals surface area contributed by atoms with E-state index < -0.39 is 5.41 Å². The zero-order chi connectivity index (χ0) is 20.1. The van der Waals surface area contributed by atoms with Crippen LogP contribution in [0.1, 0.15) is 35.7 Å². The van der Waals surface area contributed by atoms with Crippen molar-refractivity contribution >= 4 is 23.5 Å². The average Bonchev–Trinajstić information content (AvgIpc) is 2.70. The van der Waals surface area contributed by atoms with E-state index >= 15 is 0 Å². The quantitative estimate of drug-likeness (QED) is 0.438. The van der Waals surface area contributed by atoms with Crippen molar-refractivity contribution in [3.63, 3.8) is 0 Å². The molecule has 0 radical (unpaired) electrons. The van der Waals surface area contributed by atoms with Gasteiger partial charge >= 0.3 is 5.97 Å². The first-order valence-corrected chi connectivity index (χ1v) is 9.72. The molecule has 0 atom stereocenters. The zero-order valence-electron chi connectivity index (χ0n) is 15.8. The predicted molar refractivity (Wildman–Crippen MR) is 105 cm³/mol. The second-order valence-electron chi connectivity index (χ2n) is 7.01. The Hall–Kier alpha value is -2.60. The van der Waals surface area contributed by atoms with Crippen LogP contribution < -0.4 is 4.73 Å². The fraction of sp³-hybridized carbons (Fsp3) is 0.381. The number of nitrogens with zero attached hydrogens (tertiary/aromatic N) is 2. The van der Waals surface area contributed by atoms with Gasteiger partial charge < -0.3 is 14.8 Å². The molecule has 0 aliphatic carbocycles. The molecule has 2 aromatic rings. The highest BCUT2D eigenvalue weighted by molar-refractivity contribution is 6.31. The number of hydrogen-bond acceptors (Lipinski definition) is 4. The number of hydrogen-bond donors (Lipinski definition) is 0. The Kier molecular flexibility index (Phi) is 6.19. The molecule has 0 spiro atoms. The van der Waals surface area contributed by atoms with Crippen molar-refractivity contribution in [1.29, 1.82) is 0 Å². The number of benzene rings is 1. The summed E-state index contributed by atoms with van der Waals surface area (Å²) >= 11 is 6.31. The van der Waals surface area contributed by atoms with Crippen LogP contribution in [0.4, 0.5) is 0 Å². The molecular formula is C21H23ClN2O4. The van der Waals surface area contributed by atoms with Crippen molar-refractivity contribution in [1.82, 2.24) is 4.90 Å². The zero-order valence-corrected chi connectivity index (χ0v) is 16.5. The van der Waals surface area contributed by atoms with Gasteiger partial charge in [-0.2, -0.15) is 4.73 Å². The Labute approximate surface area is 169 Å². The van der Waals surface area contributed by atoms with Gasteiger partial charge in [0.05, 0.1) is 17.6 Å². The van der Waals surface area contributed by atoms with Gasteiger partial charge in [0.2, 0.25) is 0 Å². The third-order valence-corrected chi connectivity index (χ3v) is 5.62. The fourth-order valence-corrected chi connectivity index (χ4v) is 3.82. The van der Waals surface area contributed by atoms with E-state index in [0.29, 0.717) is 54.3 Å². The Morgan fingerprint density at radius 3 is 2.43 bits per heavy atom. The number of carbonyl (C=O) groups excluding carboxylic acids is 2. The summed E-state index contributed by atoms with van der Waals surface area (Å²) in [6.07, 6.45) is 4.08. The number of rotatable bonds is 5. The Morgan fingerprint density at radius 1 is 1.18 bits per heavy atom. The lowest BCUT2D eigenvalue weighted by molar-refractivity contribution is -0.605. The van der Waals surface area contributed by atoms with Crippen LogP contribution in [0, 0.1) is 10.6 Å². The minimum Gasteiger partial charge on any atom is -0.619 e. The van der Waals surface area contributed by atoms with Crippen LogP contribution in [0.3, 0.4) is 0 Å². The van der Waals surface area contributed by atoms with Gasteiger partial charge in [0, 0.05) is 30.2 Å². The highest BCUT2D eigenvalue weighted by Crippen LogP contribution is 2.38. The minimum absolute atomic E-state index is 0.143.